The van der Waals surface area contributed by atoms with Crippen LogP contribution in [0.15, 0.2) is 11.0 Å². The van der Waals surface area contributed by atoms with E-state index in [1.54, 1.807) is 12.2 Å². The van der Waals surface area contributed by atoms with Gasteiger partial charge in [-0.1, -0.05) is 11.8 Å². The Morgan fingerprint density at radius 3 is 2.75 bits per heavy atom. The highest BCUT2D eigenvalue weighted by molar-refractivity contribution is 5.81. The van der Waals surface area contributed by atoms with Crippen molar-refractivity contribution < 1.29 is 18.0 Å². The average Bonchev–Trinajstić information content (AvgIpc) is 2.35. The molecule has 0 fully saturated rings. The molecule has 0 atom stereocenters. The molecule has 0 aliphatic rings. The molecule has 0 saturated heterocycles. The summed E-state index contributed by atoms with van der Waals surface area (Å²) < 4.78 is 36.9. The number of aromatic nitrogens is 2. The maximum absolute atomic E-state index is 11.9. The Labute approximate surface area is 111 Å². The highest BCUT2D eigenvalue weighted by Gasteiger charge is 2.38. The zero-order chi connectivity index (χ0) is 15.3. The Morgan fingerprint density at radius 1 is 1.55 bits per heavy atom. The van der Waals surface area contributed by atoms with Crippen molar-refractivity contribution in [3.8, 4) is 11.8 Å². The van der Waals surface area contributed by atoms with E-state index in [1.165, 1.54) is 10.8 Å². The van der Waals surface area contributed by atoms with Gasteiger partial charge >= 0.3 is 17.8 Å². The van der Waals surface area contributed by atoms with Crippen LogP contribution in [0.3, 0.4) is 0 Å². The zero-order valence-corrected chi connectivity index (χ0v) is 10.4. The third-order valence-corrected chi connectivity index (χ3v) is 2.18. The first-order valence-corrected chi connectivity index (χ1v) is 5.46. The van der Waals surface area contributed by atoms with Crippen molar-refractivity contribution in [2.24, 2.45) is 0 Å². The van der Waals surface area contributed by atoms with E-state index in [1.807, 2.05) is 0 Å². The summed E-state index contributed by atoms with van der Waals surface area (Å²) in [5.41, 5.74) is 5.12. The van der Waals surface area contributed by atoms with Gasteiger partial charge in [-0.2, -0.15) is 18.2 Å². The smallest absolute Gasteiger partial charge is 0.382 e. The lowest BCUT2D eigenvalue weighted by molar-refractivity contribution is -0.173. The Kier molecular flexibility index (Phi) is 4.74. The van der Waals surface area contributed by atoms with Gasteiger partial charge in [-0.15, -0.1) is 0 Å². The molecule has 1 rings (SSSR count). The molecule has 3 N–H and O–H groups in total. The lowest BCUT2D eigenvalue weighted by Gasteiger charge is -2.04. The van der Waals surface area contributed by atoms with Crippen LogP contribution in [0.25, 0.3) is 0 Å². The number of aryl methyl sites for hydroxylation is 1. The molecule has 0 spiro atoms. The minimum Gasteiger partial charge on any atom is -0.382 e. The van der Waals surface area contributed by atoms with E-state index in [9.17, 15) is 22.8 Å². The molecule has 0 unspecified atom stereocenters. The number of amides is 1. The Morgan fingerprint density at radius 2 is 2.20 bits per heavy atom. The average molecular weight is 288 g/mol. The van der Waals surface area contributed by atoms with Gasteiger partial charge in [-0.05, 0) is 6.92 Å². The number of nitrogen functional groups attached to an aromatic ring is 1. The van der Waals surface area contributed by atoms with Gasteiger partial charge in [0.15, 0.2) is 0 Å². The Bertz CT molecular complexity index is 625. The molecule has 0 aromatic carbocycles. The molecule has 1 aromatic heterocycles. The van der Waals surface area contributed by atoms with Gasteiger partial charge in [0, 0.05) is 12.7 Å². The minimum atomic E-state index is -4.95. The van der Waals surface area contributed by atoms with Crippen molar-refractivity contribution in [1.82, 2.24) is 14.9 Å². The second kappa shape index (κ2) is 6.10. The van der Waals surface area contributed by atoms with Gasteiger partial charge in [0.25, 0.3) is 0 Å². The Balaban J connectivity index is 2.78. The molecule has 0 aliphatic heterocycles. The molecule has 108 valence electrons. The summed E-state index contributed by atoms with van der Waals surface area (Å²) in [6, 6.07) is 0. The normalized spacial score (nSPS) is 10.6. The monoisotopic (exact) mass is 288 g/mol. The van der Waals surface area contributed by atoms with Crippen LogP contribution in [0.5, 0.6) is 0 Å². The second-order valence-electron chi connectivity index (χ2n) is 3.59. The molecule has 0 saturated carbocycles. The number of halogens is 3. The molecular formula is C11H11F3N4O2. The van der Waals surface area contributed by atoms with E-state index in [0.29, 0.717) is 6.54 Å². The maximum atomic E-state index is 11.9. The molecule has 6 nitrogen and oxygen atoms in total. The van der Waals surface area contributed by atoms with Crippen LogP contribution >= 0.6 is 0 Å². The van der Waals surface area contributed by atoms with Gasteiger partial charge < -0.3 is 11.1 Å². The lowest BCUT2D eigenvalue weighted by Crippen LogP contribution is -2.36. The van der Waals surface area contributed by atoms with E-state index in [-0.39, 0.29) is 11.4 Å². The van der Waals surface area contributed by atoms with Gasteiger partial charge in [0.2, 0.25) is 0 Å². The molecule has 0 aliphatic carbocycles. The minimum absolute atomic E-state index is 0.116. The predicted molar refractivity (Wildman–Crippen MR) is 64.5 cm³/mol. The number of nitrogens with two attached hydrogens (primary N) is 1. The summed E-state index contributed by atoms with van der Waals surface area (Å²) in [5, 5.41) is 1.58. The predicted octanol–water partition coefficient (Wildman–Crippen LogP) is -0.125. The number of carbonyl (C=O) groups excluding carboxylic acids is 1. The van der Waals surface area contributed by atoms with E-state index >= 15 is 0 Å². The van der Waals surface area contributed by atoms with Crippen molar-refractivity contribution >= 4 is 11.7 Å². The molecular weight excluding hydrogens is 277 g/mol. The van der Waals surface area contributed by atoms with Crippen molar-refractivity contribution in [2.45, 2.75) is 19.6 Å². The number of anilines is 1. The highest BCUT2D eigenvalue weighted by Crippen LogP contribution is 2.13. The number of rotatable bonds is 2. The quantitative estimate of drug-likeness (QED) is 0.742. The van der Waals surface area contributed by atoms with Crippen LogP contribution in [0, 0.1) is 11.8 Å². The van der Waals surface area contributed by atoms with Crippen molar-refractivity contribution in [2.75, 3.05) is 12.3 Å². The summed E-state index contributed by atoms with van der Waals surface area (Å²) in [5.74, 6) is 2.55. The number of hydrogen-bond donors (Lipinski definition) is 2. The Hall–Kier alpha value is -2.50. The standard InChI is InChI=1S/C11H11F3N4O2/c1-2-18-6-7(8(15)17-10(18)20)4-3-5-16-9(19)11(12,13)14/h6H,2,5H2,1H3,(H,16,19)(H2,15,17,20). The molecule has 0 radical (unpaired) electrons. The number of nitrogens with zero attached hydrogens (tertiary/aromatic N) is 2. The maximum Gasteiger partial charge on any atom is 0.471 e. The van der Waals surface area contributed by atoms with Crippen molar-refractivity contribution in [3.63, 3.8) is 0 Å². The van der Waals surface area contributed by atoms with E-state index < -0.39 is 24.3 Å². The first-order chi connectivity index (χ1) is 9.25. The third kappa shape index (κ3) is 4.01. The molecule has 0 bridgehead atoms. The van der Waals surface area contributed by atoms with Crippen LogP contribution in [-0.2, 0) is 11.3 Å². The van der Waals surface area contributed by atoms with Gasteiger partial charge in [0.1, 0.15) is 5.82 Å². The first kappa shape index (κ1) is 15.6. The summed E-state index contributed by atoms with van der Waals surface area (Å²) >= 11 is 0. The van der Waals surface area contributed by atoms with Crippen LogP contribution in [0.1, 0.15) is 12.5 Å². The number of hydrogen-bond acceptors (Lipinski definition) is 4. The topological polar surface area (TPSA) is 90.0 Å². The van der Waals surface area contributed by atoms with Gasteiger partial charge in [-0.25, -0.2) is 4.79 Å². The summed E-state index contributed by atoms with van der Waals surface area (Å²) in [6.07, 6.45) is -3.60. The summed E-state index contributed by atoms with van der Waals surface area (Å²) in [4.78, 5) is 25.3. The molecule has 9 heteroatoms. The van der Waals surface area contributed by atoms with Crippen LogP contribution in [0.2, 0.25) is 0 Å². The molecule has 1 heterocycles. The number of alkyl halides is 3. The fraction of sp³-hybridized carbons (Fsp3) is 0.364. The van der Waals surface area contributed by atoms with E-state index in [0.717, 1.165) is 0 Å². The van der Waals surface area contributed by atoms with Crippen molar-refractivity contribution in [1.29, 1.82) is 0 Å². The lowest BCUT2D eigenvalue weighted by atomic mass is 10.3. The molecule has 1 aromatic rings. The summed E-state index contributed by atoms with van der Waals surface area (Å²) in [6.45, 7) is 1.56. The van der Waals surface area contributed by atoms with E-state index in [2.05, 4.69) is 16.8 Å². The number of carbonyl (C=O) groups is 1. The highest BCUT2D eigenvalue weighted by atomic mass is 19.4. The van der Waals surface area contributed by atoms with Gasteiger partial charge in [0.05, 0.1) is 12.1 Å². The van der Waals surface area contributed by atoms with Crippen LogP contribution in [0.4, 0.5) is 19.0 Å². The van der Waals surface area contributed by atoms with Crippen LogP contribution < -0.4 is 16.7 Å². The van der Waals surface area contributed by atoms with Gasteiger partial charge in [-0.3, -0.25) is 9.36 Å². The van der Waals surface area contributed by atoms with Crippen LogP contribution in [-0.4, -0.2) is 28.2 Å². The fourth-order valence-corrected chi connectivity index (χ4v) is 1.19. The SMILES string of the molecule is CCn1cc(C#CCNC(=O)C(F)(F)F)c(N)nc1=O. The molecule has 20 heavy (non-hydrogen) atoms. The fourth-order valence-electron chi connectivity index (χ4n) is 1.19. The zero-order valence-electron chi connectivity index (χ0n) is 10.4. The summed E-state index contributed by atoms with van der Waals surface area (Å²) in [7, 11) is 0. The first-order valence-electron chi connectivity index (χ1n) is 5.46. The van der Waals surface area contributed by atoms with E-state index in [4.69, 9.17) is 5.73 Å². The third-order valence-electron chi connectivity index (χ3n) is 2.18. The second-order valence-corrected chi connectivity index (χ2v) is 3.59. The number of nitrogens with one attached hydrogen (secondary N) is 1. The largest absolute Gasteiger partial charge is 0.471 e. The van der Waals surface area contributed by atoms with Crippen molar-refractivity contribution in [3.05, 3.63) is 22.2 Å². The molecule has 1 amide bonds.